The molecule has 2 aliphatic heterocycles. The molecule has 2 saturated heterocycles. The summed E-state index contributed by atoms with van der Waals surface area (Å²) in [6.07, 6.45) is 3.14. The van der Waals surface area contributed by atoms with E-state index < -0.39 is 10.2 Å². The zero-order chi connectivity index (χ0) is 14.8. The third kappa shape index (κ3) is 5.07. The molecule has 0 aliphatic carbocycles. The molecular formula is C12H25ClN4O3S. The molecule has 0 aromatic carbocycles. The van der Waals surface area contributed by atoms with Gasteiger partial charge >= 0.3 is 0 Å². The molecule has 124 valence electrons. The number of nitrogens with zero attached hydrogens (tertiary/aromatic N) is 1. The average molecular weight is 341 g/mol. The molecule has 9 heteroatoms. The lowest BCUT2D eigenvalue weighted by molar-refractivity contribution is -0.127. The zero-order valence-electron chi connectivity index (χ0n) is 12.2. The Balaban J connectivity index is 0.00000220. The summed E-state index contributed by atoms with van der Waals surface area (Å²) in [6.45, 7) is 3.73. The highest BCUT2D eigenvalue weighted by Crippen LogP contribution is 2.19. The first-order valence-electron chi connectivity index (χ1n) is 7.19. The van der Waals surface area contributed by atoms with Gasteiger partial charge in [-0.25, -0.2) is 5.14 Å². The third-order valence-corrected chi connectivity index (χ3v) is 5.36. The molecule has 2 rings (SSSR count). The Labute approximate surface area is 132 Å². The molecule has 0 saturated carbocycles. The van der Waals surface area contributed by atoms with Gasteiger partial charge in [-0.2, -0.15) is 12.7 Å². The highest BCUT2D eigenvalue weighted by Gasteiger charge is 2.31. The smallest absolute Gasteiger partial charge is 0.276 e. The van der Waals surface area contributed by atoms with E-state index in [1.807, 2.05) is 0 Å². The molecule has 0 aromatic rings. The molecule has 2 aliphatic rings. The summed E-state index contributed by atoms with van der Waals surface area (Å²) in [7, 11) is -3.62. The fourth-order valence-electron chi connectivity index (χ4n) is 2.91. The Bertz CT molecular complexity index is 451. The van der Waals surface area contributed by atoms with Gasteiger partial charge in [0.15, 0.2) is 0 Å². The minimum atomic E-state index is -3.62. The highest BCUT2D eigenvalue weighted by atomic mass is 35.5. The predicted molar refractivity (Wildman–Crippen MR) is 83.3 cm³/mol. The fraction of sp³-hybridized carbons (Fsp3) is 0.917. The summed E-state index contributed by atoms with van der Waals surface area (Å²) in [5.41, 5.74) is 0. The third-order valence-electron chi connectivity index (χ3n) is 4.27. The van der Waals surface area contributed by atoms with Crippen molar-refractivity contribution in [1.29, 1.82) is 0 Å². The van der Waals surface area contributed by atoms with E-state index in [1.54, 1.807) is 0 Å². The fourth-order valence-corrected chi connectivity index (χ4v) is 3.63. The molecular weight excluding hydrogens is 316 g/mol. The van der Waals surface area contributed by atoms with Crippen LogP contribution >= 0.6 is 12.4 Å². The molecule has 2 fully saturated rings. The van der Waals surface area contributed by atoms with Crippen LogP contribution in [0.5, 0.6) is 0 Å². The SMILES string of the molecule is CC1NCCCC1NC(=O)C1CCN(S(N)(=O)=O)CC1.Cl. The normalized spacial score (nSPS) is 28.7. The van der Waals surface area contributed by atoms with Gasteiger partial charge < -0.3 is 10.6 Å². The van der Waals surface area contributed by atoms with Crippen LogP contribution in [0.2, 0.25) is 0 Å². The van der Waals surface area contributed by atoms with Crippen molar-refractivity contribution in [1.82, 2.24) is 14.9 Å². The van der Waals surface area contributed by atoms with Gasteiger partial charge in [0.05, 0.1) is 0 Å². The summed E-state index contributed by atoms with van der Waals surface area (Å²) < 4.78 is 23.7. The minimum Gasteiger partial charge on any atom is -0.352 e. The molecule has 2 unspecified atom stereocenters. The molecule has 0 spiro atoms. The van der Waals surface area contributed by atoms with Gasteiger partial charge in [0.25, 0.3) is 10.2 Å². The van der Waals surface area contributed by atoms with Gasteiger partial charge in [-0.1, -0.05) is 0 Å². The minimum absolute atomic E-state index is 0. The van der Waals surface area contributed by atoms with Crippen molar-refractivity contribution in [2.45, 2.75) is 44.7 Å². The quantitative estimate of drug-likeness (QED) is 0.649. The summed E-state index contributed by atoms with van der Waals surface area (Å²) in [5, 5.41) is 11.5. The van der Waals surface area contributed by atoms with Gasteiger partial charge in [0.2, 0.25) is 5.91 Å². The van der Waals surface area contributed by atoms with Crippen LogP contribution in [0.1, 0.15) is 32.6 Å². The maximum atomic E-state index is 12.2. The van der Waals surface area contributed by atoms with E-state index in [0.29, 0.717) is 25.9 Å². The molecule has 4 N–H and O–H groups in total. The standard InChI is InChI=1S/C12H24N4O3S.ClH/c1-9-11(3-2-6-14-9)15-12(17)10-4-7-16(8-5-10)20(13,18)19;/h9-11,14H,2-8H2,1H3,(H,15,17)(H2,13,18,19);1H. The zero-order valence-corrected chi connectivity index (χ0v) is 13.9. The number of amides is 1. The van der Waals surface area contributed by atoms with Crippen LogP contribution in [-0.2, 0) is 15.0 Å². The van der Waals surface area contributed by atoms with Crippen LogP contribution < -0.4 is 15.8 Å². The number of carbonyl (C=O) groups excluding carboxylic acids is 1. The van der Waals surface area contributed by atoms with Crippen molar-refractivity contribution >= 4 is 28.5 Å². The van der Waals surface area contributed by atoms with E-state index >= 15 is 0 Å². The van der Waals surface area contributed by atoms with Crippen LogP contribution in [0.4, 0.5) is 0 Å². The number of nitrogens with two attached hydrogens (primary N) is 1. The summed E-state index contributed by atoms with van der Waals surface area (Å²) in [6, 6.07) is 0.463. The molecule has 0 bridgehead atoms. The maximum absolute atomic E-state index is 12.2. The first kappa shape index (κ1) is 18.6. The second kappa shape index (κ2) is 7.73. The Hall–Kier alpha value is -0.410. The maximum Gasteiger partial charge on any atom is 0.276 e. The number of hydrogen-bond acceptors (Lipinski definition) is 4. The van der Waals surface area contributed by atoms with Crippen molar-refractivity contribution in [2.75, 3.05) is 19.6 Å². The summed E-state index contributed by atoms with van der Waals surface area (Å²) in [5.74, 6) is -0.0678. The van der Waals surface area contributed by atoms with E-state index in [0.717, 1.165) is 19.4 Å². The number of carbonyl (C=O) groups is 1. The Morgan fingerprint density at radius 3 is 2.43 bits per heavy atom. The van der Waals surface area contributed by atoms with Gasteiger partial charge in [0.1, 0.15) is 0 Å². The molecule has 21 heavy (non-hydrogen) atoms. The van der Waals surface area contributed by atoms with Crippen molar-refractivity contribution < 1.29 is 13.2 Å². The predicted octanol–water partition coefficient (Wildman–Crippen LogP) is -0.420. The first-order chi connectivity index (χ1) is 9.38. The second-order valence-electron chi connectivity index (χ2n) is 5.72. The van der Waals surface area contributed by atoms with E-state index in [2.05, 4.69) is 17.6 Å². The number of halogens is 1. The Kier molecular flexibility index (Phi) is 6.86. The van der Waals surface area contributed by atoms with Crippen LogP contribution in [0.25, 0.3) is 0 Å². The topological polar surface area (TPSA) is 105 Å². The number of piperidine rings is 2. The lowest BCUT2D eigenvalue weighted by atomic mass is 9.94. The van der Waals surface area contributed by atoms with Crippen LogP contribution in [0, 0.1) is 5.92 Å². The second-order valence-corrected chi connectivity index (χ2v) is 7.26. The monoisotopic (exact) mass is 340 g/mol. The summed E-state index contributed by atoms with van der Waals surface area (Å²) in [4.78, 5) is 12.2. The lowest BCUT2D eigenvalue weighted by Gasteiger charge is -2.34. The van der Waals surface area contributed by atoms with Crippen LogP contribution in [0.15, 0.2) is 0 Å². The number of rotatable bonds is 3. The highest BCUT2D eigenvalue weighted by molar-refractivity contribution is 7.86. The molecule has 0 radical (unpaired) electrons. The van der Waals surface area contributed by atoms with Gasteiger partial charge in [0, 0.05) is 31.1 Å². The Morgan fingerprint density at radius 2 is 1.90 bits per heavy atom. The van der Waals surface area contributed by atoms with Gasteiger partial charge in [-0.05, 0) is 39.2 Å². The van der Waals surface area contributed by atoms with Crippen molar-refractivity contribution in [3.05, 3.63) is 0 Å². The van der Waals surface area contributed by atoms with Gasteiger partial charge in [-0.15, -0.1) is 12.4 Å². The number of hydrogen-bond donors (Lipinski definition) is 3. The van der Waals surface area contributed by atoms with E-state index in [1.165, 1.54) is 4.31 Å². The van der Waals surface area contributed by atoms with Gasteiger partial charge in [-0.3, -0.25) is 4.79 Å². The molecule has 1 amide bonds. The lowest BCUT2D eigenvalue weighted by Crippen LogP contribution is -2.54. The Morgan fingerprint density at radius 1 is 1.29 bits per heavy atom. The molecule has 7 nitrogen and oxygen atoms in total. The summed E-state index contributed by atoms with van der Waals surface area (Å²) >= 11 is 0. The van der Waals surface area contributed by atoms with Crippen LogP contribution in [-0.4, -0.2) is 50.3 Å². The van der Waals surface area contributed by atoms with Crippen LogP contribution in [0.3, 0.4) is 0 Å². The number of nitrogens with one attached hydrogen (secondary N) is 2. The first-order valence-corrected chi connectivity index (χ1v) is 8.70. The molecule has 2 atom stereocenters. The van der Waals surface area contributed by atoms with Crippen molar-refractivity contribution in [2.24, 2.45) is 11.1 Å². The molecule has 2 heterocycles. The van der Waals surface area contributed by atoms with E-state index in [-0.39, 0.29) is 36.3 Å². The average Bonchev–Trinajstić information content (AvgIpc) is 2.40. The van der Waals surface area contributed by atoms with E-state index in [4.69, 9.17) is 5.14 Å². The molecule has 0 aromatic heterocycles. The van der Waals surface area contributed by atoms with E-state index in [9.17, 15) is 13.2 Å². The van der Waals surface area contributed by atoms with Crippen molar-refractivity contribution in [3.8, 4) is 0 Å². The largest absolute Gasteiger partial charge is 0.352 e. The van der Waals surface area contributed by atoms with Crippen molar-refractivity contribution in [3.63, 3.8) is 0 Å².